The Morgan fingerprint density at radius 1 is 1.03 bits per heavy atom. The Balaban J connectivity index is 1.65. The molecule has 2 fully saturated rings. The summed E-state index contributed by atoms with van der Waals surface area (Å²) in [5, 5.41) is 11.1. The van der Waals surface area contributed by atoms with E-state index in [9.17, 15) is 14.7 Å². The van der Waals surface area contributed by atoms with Crippen molar-refractivity contribution in [2.24, 2.45) is 0 Å². The molecule has 4 rings (SSSR count). The van der Waals surface area contributed by atoms with Crippen molar-refractivity contribution in [2.75, 3.05) is 46.0 Å². The maximum absolute atomic E-state index is 13.1. The lowest BCUT2D eigenvalue weighted by Gasteiger charge is -2.29. The van der Waals surface area contributed by atoms with E-state index in [1.54, 1.807) is 29.2 Å². The number of morpholine rings is 1. The number of ether oxygens (including phenoxy) is 2. The fourth-order valence-corrected chi connectivity index (χ4v) is 4.41. The second-order valence-corrected chi connectivity index (χ2v) is 8.17. The molecule has 0 aliphatic carbocycles. The van der Waals surface area contributed by atoms with Gasteiger partial charge in [-0.15, -0.1) is 0 Å². The van der Waals surface area contributed by atoms with Gasteiger partial charge in [-0.2, -0.15) is 0 Å². The Morgan fingerprint density at radius 2 is 1.73 bits per heavy atom. The van der Waals surface area contributed by atoms with Gasteiger partial charge in [0.15, 0.2) is 0 Å². The molecule has 7 heteroatoms. The van der Waals surface area contributed by atoms with Gasteiger partial charge in [-0.05, 0) is 31.0 Å². The van der Waals surface area contributed by atoms with Crippen LogP contribution in [-0.4, -0.2) is 72.6 Å². The van der Waals surface area contributed by atoms with Gasteiger partial charge in [0, 0.05) is 31.7 Å². The van der Waals surface area contributed by atoms with Gasteiger partial charge >= 0.3 is 0 Å². The molecule has 2 saturated heterocycles. The number of carbonyl (C=O) groups excluding carboxylic acids is 2. The molecule has 2 heterocycles. The molecule has 0 spiro atoms. The van der Waals surface area contributed by atoms with Crippen LogP contribution >= 0.6 is 0 Å². The maximum Gasteiger partial charge on any atom is 0.295 e. The summed E-state index contributed by atoms with van der Waals surface area (Å²) in [5.74, 6) is -0.660. The predicted molar refractivity (Wildman–Crippen MR) is 125 cm³/mol. The van der Waals surface area contributed by atoms with E-state index < -0.39 is 17.7 Å². The Kier molecular flexibility index (Phi) is 7.42. The van der Waals surface area contributed by atoms with Crippen LogP contribution in [0.25, 0.3) is 5.76 Å². The predicted octanol–water partition coefficient (Wildman–Crippen LogP) is 3.23. The monoisotopic (exact) mass is 450 g/mol. The molecule has 0 saturated carbocycles. The van der Waals surface area contributed by atoms with Crippen molar-refractivity contribution in [3.63, 3.8) is 0 Å². The highest BCUT2D eigenvalue weighted by Gasteiger charge is 2.45. The van der Waals surface area contributed by atoms with Crippen LogP contribution in [-0.2, 0) is 14.3 Å². The Hall–Kier alpha value is -3.16. The first kappa shape index (κ1) is 23.0. The van der Waals surface area contributed by atoms with Crippen molar-refractivity contribution in [1.29, 1.82) is 0 Å². The number of Topliss-reactive ketones (excluding diaryl/α,β-unsaturated/α-hetero) is 1. The van der Waals surface area contributed by atoms with Crippen molar-refractivity contribution in [3.8, 4) is 5.75 Å². The molecule has 0 aromatic heterocycles. The zero-order valence-electron chi connectivity index (χ0n) is 18.9. The van der Waals surface area contributed by atoms with Gasteiger partial charge in [0.2, 0.25) is 0 Å². The number of amides is 1. The molecule has 7 nitrogen and oxygen atoms in total. The summed E-state index contributed by atoms with van der Waals surface area (Å²) in [7, 11) is 0. The number of carbonyl (C=O) groups is 2. The summed E-state index contributed by atoms with van der Waals surface area (Å²) in [4.78, 5) is 30.0. The van der Waals surface area contributed by atoms with Gasteiger partial charge in [0.05, 0.1) is 31.4 Å². The molecule has 174 valence electrons. The normalized spacial score (nSPS) is 20.9. The first-order chi connectivity index (χ1) is 16.1. The number of benzene rings is 2. The number of hydrogen-bond donors (Lipinski definition) is 1. The number of nitrogens with zero attached hydrogens (tertiary/aromatic N) is 2. The van der Waals surface area contributed by atoms with E-state index in [-0.39, 0.29) is 11.3 Å². The standard InChI is InChI=1S/C26H30N2O5/c1-2-33-21-11-9-19(10-12-21)23-22(24(29)20-7-4-3-5-8-20)25(30)26(31)28(23)14-6-13-27-15-17-32-18-16-27/h3-5,7-12,23,29H,2,6,13-18H2,1H3/t23-/m0/s1. The molecule has 2 aliphatic rings. The molecule has 0 radical (unpaired) electrons. The Labute approximate surface area is 194 Å². The van der Waals surface area contributed by atoms with E-state index in [1.165, 1.54) is 0 Å². The number of aliphatic hydroxyl groups is 1. The van der Waals surface area contributed by atoms with Crippen LogP contribution < -0.4 is 4.74 Å². The summed E-state index contributed by atoms with van der Waals surface area (Å²) in [6.07, 6.45) is 0.728. The van der Waals surface area contributed by atoms with Crippen LogP contribution in [0.4, 0.5) is 0 Å². The number of ketones is 1. The van der Waals surface area contributed by atoms with Crippen molar-refractivity contribution >= 4 is 17.4 Å². The van der Waals surface area contributed by atoms with Crippen LogP contribution in [0.2, 0.25) is 0 Å². The number of hydrogen-bond acceptors (Lipinski definition) is 6. The molecule has 1 amide bonds. The van der Waals surface area contributed by atoms with Crippen LogP contribution in [0.15, 0.2) is 60.2 Å². The van der Waals surface area contributed by atoms with Crippen LogP contribution in [0.1, 0.15) is 30.5 Å². The minimum atomic E-state index is -0.651. The molecule has 2 aliphatic heterocycles. The number of aliphatic hydroxyl groups excluding tert-OH is 1. The van der Waals surface area contributed by atoms with Crippen molar-refractivity contribution in [1.82, 2.24) is 9.80 Å². The molecular formula is C26H30N2O5. The second kappa shape index (κ2) is 10.6. The second-order valence-electron chi connectivity index (χ2n) is 8.17. The highest BCUT2D eigenvalue weighted by molar-refractivity contribution is 6.46. The van der Waals surface area contributed by atoms with Gasteiger partial charge in [0.1, 0.15) is 11.5 Å². The Morgan fingerprint density at radius 3 is 2.39 bits per heavy atom. The zero-order valence-corrected chi connectivity index (χ0v) is 18.9. The SMILES string of the molecule is CCOc1ccc([C@H]2C(=C(O)c3ccccc3)C(=O)C(=O)N2CCCN2CCOCC2)cc1. The fraction of sp³-hybridized carbons (Fsp3) is 0.385. The first-order valence-corrected chi connectivity index (χ1v) is 11.5. The van der Waals surface area contributed by atoms with Crippen molar-refractivity contribution in [2.45, 2.75) is 19.4 Å². The summed E-state index contributed by atoms with van der Waals surface area (Å²) >= 11 is 0. The lowest BCUT2D eigenvalue weighted by molar-refractivity contribution is -0.140. The molecule has 1 atom stereocenters. The van der Waals surface area contributed by atoms with E-state index in [1.807, 2.05) is 37.3 Å². The number of likely N-dealkylation sites (tertiary alicyclic amines) is 1. The van der Waals surface area contributed by atoms with Crippen molar-refractivity contribution < 1.29 is 24.2 Å². The summed E-state index contributed by atoms with van der Waals surface area (Å²) < 4.78 is 10.9. The molecule has 2 aromatic rings. The molecule has 0 unspecified atom stereocenters. The molecule has 2 aromatic carbocycles. The lowest BCUT2D eigenvalue weighted by Crippen LogP contribution is -2.38. The van der Waals surface area contributed by atoms with Gasteiger partial charge in [-0.1, -0.05) is 42.5 Å². The molecule has 1 N–H and O–H groups in total. The van der Waals surface area contributed by atoms with Gasteiger partial charge < -0.3 is 19.5 Å². The van der Waals surface area contributed by atoms with E-state index in [0.717, 1.165) is 31.6 Å². The molecule has 0 bridgehead atoms. The highest BCUT2D eigenvalue weighted by atomic mass is 16.5. The average molecular weight is 451 g/mol. The lowest BCUT2D eigenvalue weighted by atomic mass is 9.95. The third-order valence-electron chi connectivity index (χ3n) is 6.07. The molecule has 33 heavy (non-hydrogen) atoms. The zero-order chi connectivity index (χ0) is 23.2. The van der Waals surface area contributed by atoms with Crippen molar-refractivity contribution in [3.05, 3.63) is 71.3 Å². The van der Waals surface area contributed by atoms with Gasteiger partial charge in [-0.3, -0.25) is 14.5 Å². The quantitative estimate of drug-likeness (QED) is 0.378. The first-order valence-electron chi connectivity index (χ1n) is 11.5. The third-order valence-corrected chi connectivity index (χ3v) is 6.07. The topological polar surface area (TPSA) is 79.3 Å². The van der Waals surface area contributed by atoms with Crippen LogP contribution in [0, 0.1) is 0 Å². The highest BCUT2D eigenvalue weighted by Crippen LogP contribution is 2.39. The molecular weight excluding hydrogens is 420 g/mol. The largest absolute Gasteiger partial charge is 0.507 e. The van der Waals surface area contributed by atoms with Crippen LogP contribution in [0.3, 0.4) is 0 Å². The minimum absolute atomic E-state index is 0.127. The smallest absolute Gasteiger partial charge is 0.295 e. The summed E-state index contributed by atoms with van der Waals surface area (Å²) in [6, 6.07) is 15.6. The summed E-state index contributed by atoms with van der Waals surface area (Å²) in [5.41, 5.74) is 1.41. The van der Waals surface area contributed by atoms with E-state index in [4.69, 9.17) is 9.47 Å². The maximum atomic E-state index is 13.1. The number of rotatable bonds is 8. The van der Waals surface area contributed by atoms with Crippen LogP contribution in [0.5, 0.6) is 5.75 Å². The minimum Gasteiger partial charge on any atom is -0.507 e. The average Bonchev–Trinajstić information content (AvgIpc) is 3.10. The Bertz CT molecular complexity index is 997. The fourth-order valence-electron chi connectivity index (χ4n) is 4.41. The van der Waals surface area contributed by atoms with E-state index in [2.05, 4.69) is 4.90 Å². The van der Waals surface area contributed by atoms with E-state index in [0.29, 0.717) is 37.7 Å². The van der Waals surface area contributed by atoms with E-state index >= 15 is 0 Å². The third kappa shape index (κ3) is 5.10. The van der Waals surface area contributed by atoms with Gasteiger partial charge in [0.25, 0.3) is 11.7 Å². The van der Waals surface area contributed by atoms with Gasteiger partial charge in [-0.25, -0.2) is 0 Å². The summed E-state index contributed by atoms with van der Waals surface area (Å²) in [6.45, 7) is 6.88.